The second kappa shape index (κ2) is 6.34. The molecule has 0 N–H and O–H groups in total. The predicted molar refractivity (Wildman–Crippen MR) is 81.0 cm³/mol. The number of carbonyl (C=O) groups excluding carboxylic acids is 2. The lowest BCUT2D eigenvalue weighted by Crippen LogP contribution is -2.39. The van der Waals surface area contributed by atoms with Crippen molar-refractivity contribution in [3.05, 3.63) is 34.8 Å². The van der Waals surface area contributed by atoms with Gasteiger partial charge >= 0.3 is 0 Å². The molecule has 2 amide bonds. The summed E-state index contributed by atoms with van der Waals surface area (Å²) in [4.78, 5) is 36.0. The van der Waals surface area contributed by atoms with E-state index >= 15 is 0 Å². The van der Waals surface area contributed by atoms with Crippen molar-refractivity contribution in [1.82, 2.24) is 9.64 Å². The van der Waals surface area contributed by atoms with E-state index in [4.69, 9.17) is 4.52 Å². The van der Waals surface area contributed by atoms with Crippen LogP contribution in [0.2, 0.25) is 0 Å². The van der Waals surface area contributed by atoms with E-state index in [1.165, 1.54) is 34.1 Å². The first-order valence-corrected chi connectivity index (χ1v) is 7.47. The van der Waals surface area contributed by atoms with Gasteiger partial charge in [-0.25, -0.2) is 0 Å². The van der Waals surface area contributed by atoms with E-state index in [-0.39, 0.29) is 22.8 Å². The number of nitrogens with zero attached hydrogens (tertiary/aromatic N) is 2. The smallest absolute Gasteiger partial charge is 0.282 e. The summed E-state index contributed by atoms with van der Waals surface area (Å²) in [5.74, 6) is -0.145. The van der Waals surface area contributed by atoms with Gasteiger partial charge in [0.05, 0.1) is 6.54 Å². The summed E-state index contributed by atoms with van der Waals surface area (Å²) >= 11 is 0. The molecule has 0 aromatic carbocycles. The van der Waals surface area contributed by atoms with Crippen LogP contribution >= 0.6 is 0 Å². The minimum atomic E-state index is -0.243. The summed E-state index contributed by atoms with van der Waals surface area (Å²) in [7, 11) is 0. The van der Waals surface area contributed by atoms with Gasteiger partial charge in [-0.2, -0.15) is 4.74 Å². The zero-order valence-electron chi connectivity index (χ0n) is 13.2. The van der Waals surface area contributed by atoms with Crippen LogP contribution in [0.25, 0.3) is 0 Å². The van der Waals surface area contributed by atoms with E-state index in [0.29, 0.717) is 19.0 Å². The van der Waals surface area contributed by atoms with E-state index < -0.39 is 0 Å². The highest BCUT2D eigenvalue weighted by Gasteiger charge is 2.31. The van der Waals surface area contributed by atoms with E-state index in [2.05, 4.69) is 6.92 Å². The number of aryl methyl sites for hydroxylation is 1. The van der Waals surface area contributed by atoms with Gasteiger partial charge in [-0.05, 0) is 24.2 Å². The molecule has 0 bridgehead atoms. The molecule has 6 heteroatoms. The fourth-order valence-electron chi connectivity index (χ4n) is 2.92. The first kappa shape index (κ1) is 16.3. The quantitative estimate of drug-likeness (QED) is 0.720. The second-order valence-corrected chi connectivity index (χ2v) is 6.71. The third-order valence-electron chi connectivity index (χ3n) is 3.86. The standard InChI is InChI=1S/C16H22N2O4/c1-12(6-8-18-15(21)7-9-22-18)10-16(2,3)11-17-13(19)4-5-14(17)20/h4-5,7,9,12H,6,8,10-11H2,1-3H3. The van der Waals surface area contributed by atoms with Crippen LogP contribution in [0.15, 0.2) is 33.8 Å². The summed E-state index contributed by atoms with van der Waals surface area (Å²) in [6, 6.07) is 1.40. The third-order valence-corrected chi connectivity index (χ3v) is 3.86. The predicted octanol–water partition coefficient (Wildman–Crippen LogP) is 1.81. The molecule has 0 spiro atoms. The SMILES string of the molecule is CC(CCn1occc1=O)CC(C)(C)CN1C(=O)C=CC1=O. The molecule has 22 heavy (non-hydrogen) atoms. The Morgan fingerprint density at radius 3 is 2.36 bits per heavy atom. The molecule has 1 aliphatic rings. The Labute approximate surface area is 129 Å². The van der Waals surface area contributed by atoms with Crippen molar-refractivity contribution in [3.8, 4) is 0 Å². The Bertz CT molecular complexity index is 621. The number of hydrogen-bond donors (Lipinski definition) is 0. The Balaban J connectivity index is 1.85. The Kier molecular flexibility index (Phi) is 4.68. The van der Waals surface area contributed by atoms with Gasteiger partial charge < -0.3 is 4.52 Å². The van der Waals surface area contributed by atoms with Crippen molar-refractivity contribution >= 4 is 11.8 Å². The molecule has 1 unspecified atom stereocenters. The molecule has 6 nitrogen and oxygen atoms in total. The van der Waals surface area contributed by atoms with E-state index in [9.17, 15) is 14.4 Å². The van der Waals surface area contributed by atoms with Gasteiger partial charge in [-0.1, -0.05) is 20.8 Å². The highest BCUT2D eigenvalue weighted by molar-refractivity contribution is 6.12. The van der Waals surface area contributed by atoms with Crippen LogP contribution in [0.3, 0.4) is 0 Å². The van der Waals surface area contributed by atoms with Gasteiger partial charge in [-0.15, -0.1) is 0 Å². The molecule has 2 heterocycles. The Morgan fingerprint density at radius 2 is 1.82 bits per heavy atom. The third kappa shape index (κ3) is 3.96. The number of rotatable bonds is 7. The number of imide groups is 1. The lowest BCUT2D eigenvalue weighted by molar-refractivity contribution is -0.138. The van der Waals surface area contributed by atoms with Gasteiger partial charge in [0.1, 0.15) is 6.26 Å². The first-order valence-electron chi connectivity index (χ1n) is 7.47. The average molecular weight is 306 g/mol. The van der Waals surface area contributed by atoms with E-state index in [1.807, 2.05) is 13.8 Å². The van der Waals surface area contributed by atoms with Crippen molar-refractivity contribution in [2.24, 2.45) is 11.3 Å². The molecule has 120 valence electrons. The van der Waals surface area contributed by atoms with Gasteiger partial charge in [0.25, 0.3) is 17.4 Å². The van der Waals surface area contributed by atoms with Crippen molar-refractivity contribution in [3.63, 3.8) is 0 Å². The van der Waals surface area contributed by atoms with Crippen LogP contribution in [-0.2, 0) is 16.1 Å². The second-order valence-electron chi connectivity index (χ2n) is 6.71. The minimum Gasteiger partial charge on any atom is -0.384 e. The molecule has 0 saturated heterocycles. The molecule has 1 aromatic heterocycles. The van der Waals surface area contributed by atoms with Crippen molar-refractivity contribution in [2.45, 2.75) is 40.2 Å². The molecule has 1 aliphatic heterocycles. The Hall–Kier alpha value is -2.11. The summed E-state index contributed by atoms with van der Waals surface area (Å²) in [5.41, 5.74) is -0.309. The highest BCUT2D eigenvalue weighted by Crippen LogP contribution is 2.29. The number of aromatic nitrogens is 1. The van der Waals surface area contributed by atoms with Crippen LogP contribution in [0.1, 0.15) is 33.6 Å². The topological polar surface area (TPSA) is 72.5 Å². The lowest BCUT2D eigenvalue weighted by atomic mass is 9.81. The molecular formula is C16H22N2O4. The van der Waals surface area contributed by atoms with Crippen molar-refractivity contribution in [1.29, 1.82) is 0 Å². The van der Waals surface area contributed by atoms with Crippen LogP contribution < -0.4 is 5.56 Å². The monoisotopic (exact) mass is 306 g/mol. The van der Waals surface area contributed by atoms with Gasteiger partial charge in [0.2, 0.25) is 0 Å². The number of amides is 2. The number of carbonyl (C=O) groups is 2. The van der Waals surface area contributed by atoms with Crippen LogP contribution in [0.4, 0.5) is 0 Å². The van der Waals surface area contributed by atoms with Crippen molar-refractivity contribution in [2.75, 3.05) is 6.54 Å². The zero-order valence-corrected chi connectivity index (χ0v) is 13.2. The molecule has 1 aromatic rings. The maximum atomic E-state index is 11.6. The fraction of sp³-hybridized carbons (Fsp3) is 0.562. The summed E-state index contributed by atoms with van der Waals surface area (Å²) in [6.45, 7) is 7.12. The largest absolute Gasteiger partial charge is 0.384 e. The van der Waals surface area contributed by atoms with E-state index in [1.54, 1.807) is 0 Å². The van der Waals surface area contributed by atoms with Crippen LogP contribution in [0, 0.1) is 11.3 Å². The van der Waals surface area contributed by atoms with E-state index in [0.717, 1.165) is 12.8 Å². The maximum absolute atomic E-state index is 11.6. The van der Waals surface area contributed by atoms with Crippen LogP contribution in [-0.4, -0.2) is 28.0 Å². The summed E-state index contributed by atoms with van der Waals surface area (Å²) < 4.78 is 6.41. The molecule has 0 radical (unpaired) electrons. The highest BCUT2D eigenvalue weighted by atomic mass is 16.5. The van der Waals surface area contributed by atoms with Crippen LogP contribution in [0.5, 0.6) is 0 Å². The molecule has 2 rings (SSSR count). The zero-order chi connectivity index (χ0) is 16.3. The van der Waals surface area contributed by atoms with Gasteiger partial charge in [0.15, 0.2) is 0 Å². The fourth-order valence-corrected chi connectivity index (χ4v) is 2.92. The normalized spacial score (nSPS) is 16.6. The molecule has 0 saturated carbocycles. The molecule has 0 aliphatic carbocycles. The Morgan fingerprint density at radius 1 is 1.18 bits per heavy atom. The van der Waals surface area contributed by atoms with Crippen molar-refractivity contribution < 1.29 is 14.1 Å². The summed E-state index contributed by atoms with van der Waals surface area (Å²) in [5, 5.41) is 0. The minimum absolute atomic E-state index is 0.134. The maximum Gasteiger partial charge on any atom is 0.282 e. The summed E-state index contributed by atoms with van der Waals surface area (Å²) in [6.07, 6.45) is 5.65. The molecule has 0 fully saturated rings. The molecule has 1 atom stereocenters. The van der Waals surface area contributed by atoms with Gasteiger partial charge in [0, 0.05) is 24.8 Å². The van der Waals surface area contributed by atoms with Gasteiger partial charge in [-0.3, -0.25) is 19.3 Å². The number of hydrogen-bond acceptors (Lipinski definition) is 4. The first-order chi connectivity index (χ1) is 10.3. The lowest BCUT2D eigenvalue weighted by Gasteiger charge is -2.31. The average Bonchev–Trinajstić information content (AvgIpc) is 2.96. The molecular weight excluding hydrogens is 284 g/mol.